The van der Waals surface area contributed by atoms with E-state index in [1.54, 1.807) is 12.1 Å². The standard InChI is InChI=1S/C28H31FN4O6S3/c1-15-9-20(10-16(2)32(15)8-4-7-21(30)27(36)37)40-12-17-13-42-26-23(25(35)33(26)24(17)28(38)39)31-22(34)14-41-19-6-3-5-18(29)11-19/h3,5-6,9-11,21,23,26H,4,7-8,12-14,30H2,1-2H3,(H2-,31,34,36,37,38,39)/p+1/t21-,23+,26+/m0/s1. The van der Waals surface area contributed by atoms with Gasteiger partial charge in [0.25, 0.3) is 5.91 Å². The van der Waals surface area contributed by atoms with Crippen molar-refractivity contribution in [3.63, 3.8) is 0 Å². The number of hydrogen-bond donors (Lipinski definition) is 4. The van der Waals surface area contributed by atoms with Gasteiger partial charge in [-0.1, -0.05) is 6.07 Å². The van der Waals surface area contributed by atoms with Crippen molar-refractivity contribution in [3.05, 3.63) is 64.9 Å². The lowest BCUT2D eigenvalue weighted by atomic mass is 10.0. The van der Waals surface area contributed by atoms with Crippen LogP contribution in [-0.4, -0.2) is 73.6 Å². The van der Waals surface area contributed by atoms with Gasteiger partial charge in [-0.15, -0.1) is 35.3 Å². The lowest BCUT2D eigenvalue weighted by Crippen LogP contribution is -2.70. The highest BCUT2D eigenvalue weighted by atomic mass is 32.2. The number of carbonyl (C=O) groups excluding carboxylic acids is 2. The fraction of sp³-hybridized carbons (Fsp3) is 0.393. The van der Waals surface area contributed by atoms with Crippen LogP contribution in [0.15, 0.2) is 57.5 Å². The van der Waals surface area contributed by atoms with E-state index in [0.29, 0.717) is 41.4 Å². The topological polar surface area (TPSA) is 154 Å². The molecule has 2 aromatic rings. The molecule has 2 aliphatic rings. The van der Waals surface area contributed by atoms with Crippen molar-refractivity contribution in [2.75, 3.05) is 17.3 Å². The Hall–Kier alpha value is -3.07. The number of rotatable bonds is 13. The maximum Gasteiger partial charge on any atom is 0.352 e. The van der Waals surface area contributed by atoms with E-state index in [-0.39, 0.29) is 17.4 Å². The number of carbonyl (C=O) groups is 4. The van der Waals surface area contributed by atoms with Gasteiger partial charge in [-0.3, -0.25) is 19.3 Å². The van der Waals surface area contributed by atoms with Gasteiger partial charge in [-0.2, -0.15) is 0 Å². The van der Waals surface area contributed by atoms with Gasteiger partial charge in [0.1, 0.15) is 35.5 Å². The summed E-state index contributed by atoms with van der Waals surface area (Å²) >= 11 is 4.04. The number of fused-ring (bicyclic) bond motifs is 1. The predicted molar refractivity (Wildman–Crippen MR) is 158 cm³/mol. The third kappa shape index (κ3) is 7.46. The van der Waals surface area contributed by atoms with Crippen LogP contribution in [0.25, 0.3) is 0 Å². The minimum Gasteiger partial charge on any atom is -0.480 e. The summed E-state index contributed by atoms with van der Waals surface area (Å²) in [5.41, 5.74) is 8.17. The monoisotopic (exact) mass is 635 g/mol. The Morgan fingerprint density at radius 3 is 2.52 bits per heavy atom. The number of hydrogen-bond acceptors (Lipinski definition) is 8. The summed E-state index contributed by atoms with van der Waals surface area (Å²) in [5.74, 6) is -2.67. The third-order valence-electron chi connectivity index (χ3n) is 6.91. The highest BCUT2D eigenvalue weighted by Crippen LogP contribution is 2.41. The number of thioether (sulfide) groups is 3. The Balaban J connectivity index is 1.36. The van der Waals surface area contributed by atoms with Gasteiger partial charge in [0.15, 0.2) is 11.4 Å². The molecular formula is C28H32FN4O6S3+. The molecule has 0 bridgehead atoms. The smallest absolute Gasteiger partial charge is 0.352 e. The summed E-state index contributed by atoms with van der Waals surface area (Å²) in [6, 6.07) is 8.17. The first-order valence-electron chi connectivity index (χ1n) is 13.2. The van der Waals surface area contributed by atoms with Gasteiger partial charge in [0, 0.05) is 53.7 Å². The Kier molecular flexibility index (Phi) is 10.6. The zero-order valence-electron chi connectivity index (χ0n) is 23.0. The van der Waals surface area contributed by atoms with Crippen molar-refractivity contribution in [2.45, 2.75) is 60.5 Å². The molecule has 2 aliphatic heterocycles. The number of carboxylic acids is 2. The average molecular weight is 636 g/mol. The highest BCUT2D eigenvalue weighted by molar-refractivity contribution is 8.01. The van der Waals surface area contributed by atoms with E-state index in [2.05, 4.69) is 9.88 Å². The second kappa shape index (κ2) is 13.9. The van der Waals surface area contributed by atoms with Gasteiger partial charge in [0.05, 0.1) is 5.75 Å². The third-order valence-corrected chi connectivity index (χ3v) is 10.3. The van der Waals surface area contributed by atoms with Gasteiger partial charge in [-0.05, 0) is 30.2 Å². The number of amides is 2. The average Bonchev–Trinajstić information content (AvgIpc) is 2.94. The number of pyridine rings is 1. The van der Waals surface area contributed by atoms with Crippen LogP contribution in [0.2, 0.25) is 0 Å². The largest absolute Gasteiger partial charge is 0.480 e. The summed E-state index contributed by atoms with van der Waals surface area (Å²) in [4.78, 5) is 51.4. The molecule has 0 spiro atoms. The molecular weight excluding hydrogens is 604 g/mol. The minimum atomic E-state index is -1.19. The van der Waals surface area contributed by atoms with Crippen molar-refractivity contribution in [1.82, 2.24) is 10.2 Å². The van der Waals surface area contributed by atoms with E-state index in [1.165, 1.54) is 40.6 Å². The van der Waals surface area contributed by atoms with Crippen LogP contribution < -0.4 is 15.6 Å². The van der Waals surface area contributed by atoms with Crippen molar-refractivity contribution in [3.8, 4) is 0 Å². The number of aryl methyl sites for hydroxylation is 2. The van der Waals surface area contributed by atoms with Crippen molar-refractivity contribution < 1.29 is 38.3 Å². The molecule has 4 rings (SSSR count). The fourth-order valence-corrected chi connectivity index (χ4v) is 8.12. The quantitative estimate of drug-likeness (QED) is 0.147. The van der Waals surface area contributed by atoms with E-state index in [1.807, 2.05) is 26.0 Å². The number of aromatic nitrogens is 1. The number of nitrogens with zero attached hydrogens (tertiary/aromatic N) is 2. The number of carboxylic acid groups (broad SMARTS) is 2. The molecule has 42 heavy (non-hydrogen) atoms. The number of halogens is 1. The predicted octanol–water partition coefficient (Wildman–Crippen LogP) is 2.55. The Morgan fingerprint density at radius 2 is 1.88 bits per heavy atom. The molecule has 14 heteroatoms. The first kappa shape index (κ1) is 31.9. The highest BCUT2D eigenvalue weighted by Gasteiger charge is 2.54. The molecule has 2 amide bonds. The molecule has 0 radical (unpaired) electrons. The second-order valence-electron chi connectivity index (χ2n) is 9.96. The SMILES string of the molecule is Cc1cc(SCC2=C(C(=O)O)N3C(=O)[C@@H](NC(=O)CSc4cccc(F)c4)[C@H]3SC2)cc(C)[n+]1CCC[C@H](N)C(=O)O. The number of benzene rings is 1. The number of β-lactam (4-membered cyclic amide) rings is 1. The molecule has 1 aromatic heterocycles. The molecule has 5 N–H and O–H groups in total. The molecule has 0 aliphatic carbocycles. The molecule has 0 unspecified atom stereocenters. The van der Waals surface area contributed by atoms with Crippen LogP contribution in [0.4, 0.5) is 4.39 Å². The fourth-order valence-electron chi connectivity index (χ4n) is 4.80. The number of aliphatic carboxylic acids is 2. The zero-order valence-corrected chi connectivity index (χ0v) is 25.5. The van der Waals surface area contributed by atoms with Gasteiger partial charge >= 0.3 is 11.9 Å². The van der Waals surface area contributed by atoms with Crippen LogP contribution in [-0.2, 0) is 25.7 Å². The normalized spacial score (nSPS) is 18.8. The van der Waals surface area contributed by atoms with E-state index in [4.69, 9.17) is 10.8 Å². The maximum atomic E-state index is 13.4. The van der Waals surface area contributed by atoms with Crippen LogP contribution >= 0.6 is 35.3 Å². The van der Waals surface area contributed by atoms with Gasteiger partial charge in [-0.25, -0.2) is 13.8 Å². The minimum absolute atomic E-state index is 0.0000807. The molecule has 224 valence electrons. The molecule has 1 fully saturated rings. The summed E-state index contributed by atoms with van der Waals surface area (Å²) in [5, 5.41) is 21.2. The second-order valence-corrected chi connectivity index (χ2v) is 13.2. The van der Waals surface area contributed by atoms with E-state index < -0.39 is 41.1 Å². The zero-order chi connectivity index (χ0) is 30.6. The van der Waals surface area contributed by atoms with Crippen LogP contribution in [0.5, 0.6) is 0 Å². The Morgan fingerprint density at radius 1 is 1.17 bits per heavy atom. The molecule has 1 saturated heterocycles. The summed E-state index contributed by atoms with van der Waals surface area (Å²) in [6.07, 6.45) is 0.993. The molecule has 3 atom stereocenters. The number of nitrogens with one attached hydrogen (secondary N) is 1. The number of nitrogens with two attached hydrogens (primary N) is 1. The van der Waals surface area contributed by atoms with Gasteiger partial charge < -0.3 is 21.3 Å². The molecule has 10 nitrogen and oxygen atoms in total. The molecule has 3 heterocycles. The van der Waals surface area contributed by atoms with Gasteiger partial charge in [0.2, 0.25) is 5.91 Å². The molecule has 1 aromatic carbocycles. The molecule has 0 saturated carbocycles. The summed E-state index contributed by atoms with van der Waals surface area (Å²) in [7, 11) is 0. The van der Waals surface area contributed by atoms with Crippen molar-refractivity contribution in [1.29, 1.82) is 0 Å². The van der Waals surface area contributed by atoms with E-state index in [9.17, 15) is 28.7 Å². The first-order valence-corrected chi connectivity index (χ1v) is 16.2. The van der Waals surface area contributed by atoms with Crippen molar-refractivity contribution >= 4 is 59.0 Å². The first-order chi connectivity index (χ1) is 20.0. The Bertz CT molecular complexity index is 1420. The van der Waals surface area contributed by atoms with E-state index in [0.717, 1.165) is 28.0 Å². The van der Waals surface area contributed by atoms with Crippen molar-refractivity contribution in [2.24, 2.45) is 5.73 Å². The lowest BCUT2D eigenvalue weighted by molar-refractivity contribution is -0.709. The van der Waals surface area contributed by atoms with E-state index >= 15 is 0 Å². The summed E-state index contributed by atoms with van der Waals surface area (Å²) < 4.78 is 15.5. The van der Waals surface area contributed by atoms with Crippen LogP contribution in [0, 0.1) is 19.7 Å². The summed E-state index contributed by atoms with van der Waals surface area (Å²) in [6.45, 7) is 4.55. The Labute approximate surface area is 255 Å². The maximum absolute atomic E-state index is 13.4. The lowest BCUT2D eigenvalue weighted by Gasteiger charge is -2.49. The van der Waals surface area contributed by atoms with Crippen LogP contribution in [0.3, 0.4) is 0 Å². The van der Waals surface area contributed by atoms with Crippen LogP contribution in [0.1, 0.15) is 24.2 Å².